The molecule has 21 heavy (non-hydrogen) atoms. The van der Waals surface area contributed by atoms with Crippen LogP contribution in [0, 0.1) is 0 Å². The minimum atomic E-state index is -4.52. The fraction of sp³-hybridized carbons (Fsp3) is 0.545. The number of sulfonamides is 1. The number of hydrogen-bond donors (Lipinski definition) is 1. The topological polar surface area (TPSA) is 85.4 Å². The number of amides is 1. The van der Waals surface area contributed by atoms with Crippen molar-refractivity contribution >= 4 is 15.9 Å². The monoisotopic (exact) mass is 325 g/mol. The quantitative estimate of drug-likeness (QED) is 0.899. The molecule has 118 valence electrons. The van der Waals surface area contributed by atoms with Crippen LogP contribution in [0.5, 0.6) is 0 Å². The number of nitrogens with zero attached hydrogens (tertiary/aromatic N) is 2. The Morgan fingerprint density at radius 3 is 2.48 bits per heavy atom. The number of carbonyl (C=O) groups excluding carboxylic acids is 1. The molecule has 1 fully saturated rings. The maximum Gasteiger partial charge on any atom is 0.406 e. The fourth-order valence-electron chi connectivity index (χ4n) is 1.97. The maximum atomic E-state index is 12.3. The van der Waals surface area contributed by atoms with Crippen molar-refractivity contribution in [3.63, 3.8) is 0 Å². The van der Waals surface area contributed by atoms with Crippen molar-refractivity contribution in [1.82, 2.24) is 9.47 Å². The molecule has 10 heteroatoms. The van der Waals surface area contributed by atoms with Crippen LogP contribution in [0.1, 0.15) is 29.4 Å². The van der Waals surface area contributed by atoms with E-state index in [1.54, 1.807) is 0 Å². The standard InChI is InChI=1S/C11H14F3N3O3S/c1-16(6-11(12,13)14)10(18)9-4-8(21(15,19)20)5-17(9)7-2-3-7/h4-5,7H,2-3,6H2,1H3,(H2,15,19,20). The van der Waals surface area contributed by atoms with Crippen LogP contribution in [-0.2, 0) is 10.0 Å². The predicted molar refractivity (Wildman–Crippen MR) is 67.1 cm³/mol. The molecule has 0 spiro atoms. The summed E-state index contributed by atoms with van der Waals surface area (Å²) < 4.78 is 61.0. The maximum absolute atomic E-state index is 12.3. The smallest absolute Gasteiger partial charge is 0.339 e. The predicted octanol–water partition coefficient (Wildman–Crippen LogP) is 1.10. The van der Waals surface area contributed by atoms with Crippen molar-refractivity contribution in [2.24, 2.45) is 5.14 Å². The van der Waals surface area contributed by atoms with Crippen LogP contribution in [-0.4, -0.2) is 43.6 Å². The lowest BCUT2D eigenvalue weighted by Gasteiger charge is -2.19. The first-order valence-electron chi connectivity index (χ1n) is 6.06. The molecule has 1 amide bonds. The minimum absolute atomic E-state index is 0.0706. The van der Waals surface area contributed by atoms with Crippen molar-refractivity contribution in [1.29, 1.82) is 0 Å². The molecule has 1 aromatic heterocycles. The van der Waals surface area contributed by atoms with Gasteiger partial charge in [-0.1, -0.05) is 0 Å². The molecule has 1 aliphatic carbocycles. The minimum Gasteiger partial charge on any atom is -0.339 e. The zero-order valence-corrected chi connectivity index (χ0v) is 11.9. The zero-order chi connectivity index (χ0) is 16.0. The first-order chi connectivity index (χ1) is 9.49. The Morgan fingerprint density at radius 1 is 1.48 bits per heavy atom. The van der Waals surface area contributed by atoms with Crippen LogP contribution in [0.4, 0.5) is 13.2 Å². The molecule has 0 aromatic carbocycles. The van der Waals surface area contributed by atoms with Crippen LogP contribution in [0.2, 0.25) is 0 Å². The summed E-state index contributed by atoms with van der Waals surface area (Å²) in [5.74, 6) is -0.894. The number of rotatable bonds is 4. The van der Waals surface area contributed by atoms with Gasteiger partial charge < -0.3 is 9.47 Å². The summed E-state index contributed by atoms with van der Waals surface area (Å²) in [5.41, 5.74) is -0.103. The van der Waals surface area contributed by atoms with Gasteiger partial charge in [0.25, 0.3) is 5.91 Å². The van der Waals surface area contributed by atoms with E-state index >= 15 is 0 Å². The highest BCUT2D eigenvalue weighted by Gasteiger charge is 2.35. The number of halogens is 3. The van der Waals surface area contributed by atoms with Crippen LogP contribution < -0.4 is 5.14 Å². The first kappa shape index (κ1) is 15.8. The summed E-state index contributed by atoms with van der Waals surface area (Å²) in [5, 5.41) is 4.99. The molecule has 0 unspecified atom stereocenters. The normalized spacial score (nSPS) is 16.0. The van der Waals surface area contributed by atoms with Crippen molar-refractivity contribution in [2.75, 3.05) is 13.6 Å². The highest BCUT2D eigenvalue weighted by Crippen LogP contribution is 2.37. The average molecular weight is 325 g/mol. The molecule has 2 N–H and O–H groups in total. The first-order valence-corrected chi connectivity index (χ1v) is 7.60. The third-order valence-corrected chi connectivity index (χ3v) is 3.95. The van der Waals surface area contributed by atoms with E-state index in [9.17, 15) is 26.4 Å². The van der Waals surface area contributed by atoms with Gasteiger partial charge >= 0.3 is 6.18 Å². The molecular formula is C11H14F3N3O3S. The number of aromatic nitrogens is 1. The number of carbonyl (C=O) groups is 1. The molecular weight excluding hydrogens is 311 g/mol. The van der Waals surface area contributed by atoms with Crippen LogP contribution in [0.25, 0.3) is 0 Å². The van der Waals surface area contributed by atoms with Gasteiger partial charge in [0.05, 0.1) is 0 Å². The average Bonchev–Trinajstić information content (AvgIpc) is 3.03. The Bertz CT molecular complexity index is 662. The summed E-state index contributed by atoms with van der Waals surface area (Å²) in [4.78, 5) is 12.3. The molecule has 0 aliphatic heterocycles. The van der Waals surface area contributed by atoms with E-state index in [1.165, 1.54) is 10.8 Å². The van der Waals surface area contributed by atoms with Crippen molar-refractivity contribution in [2.45, 2.75) is 30.0 Å². The molecule has 0 radical (unpaired) electrons. The zero-order valence-electron chi connectivity index (χ0n) is 11.1. The molecule has 2 rings (SSSR count). The van der Waals surface area contributed by atoms with Crippen LogP contribution in [0.15, 0.2) is 17.2 Å². The van der Waals surface area contributed by atoms with E-state index in [0.717, 1.165) is 26.0 Å². The van der Waals surface area contributed by atoms with Crippen LogP contribution >= 0.6 is 0 Å². The van der Waals surface area contributed by atoms with Gasteiger partial charge in [0.15, 0.2) is 0 Å². The van der Waals surface area contributed by atoms with Gasteiger partial charge in [-0.2, -0.15) is 13.2 Å². The SMILES string of the molecule is CN(CC(F)(F)F)C(=O)c1cc(S(N)(=O)=O)cn1C1CC1. The van der Waals surface area contributed by atoms with E-state index in [2.05, 4.69) is 0 Å². The van der Waals surface area contributed by atoms with E-state index in [-0.39, 0.29) is 16.6 Å². The largest absolute Gasteiger partial charge is 0.406 e. The molecule has 0 atom stereocenters. The van der Waals surface area contributed by atoms with Gasteiger partial charge in [0.1, 0.15) is 17.1 Å². The number of primary sulfonamides is 1. The van der Waals surface area contributed by atoms with Crippen LogP contribution in [0.3, 0.4) is 0 Å². The summed E-state index contributed by atoms with van der Waals surface area (Å²) in [6.45, 7) is -1.41. The second-order valence-electron chi connectivity index (χ2n) is 5.02. The van der Waals surface area contributed by atoms with Gasteiger partial charge in [-0.05, 0) is 18.9 Å². The van der Waals surface area contributed by atoms with Gasteiger partial charge in [0.2, 0.25) is 10.0 Å². The summed E-state index contributed by atoms with van der Waals surface area (Å²) in [6.07, 6.45) is -1.85. The number of hydrogen-bond acceptors (Lipinski definition) is 3. The third kappa shape index (κ3) is 3.76. The lowest BCUT2D eigenvalue weighted by molar-refractivity contribution is -0.138. The molecule has 1 aliphatic rings. The lowest BCUT2D eigenvalue weighted by atomic mass is 10.3. The summed E-state index contributed by atoms with van der Waals surface area (Å²) in [6, 6.07) is 0.946. The Balaban J connectivity index is 2.34. The van der Waals surface area contributed by atoms with E-state index < -0.39 is 28.7 Å². The Hall–Kier alpha value is -1.55. The van der Waals surface area contributed by atoms with E-state index in [0.29, 0.717) is 4.90 Å². The van der Waals surface area contributed by atoms with Gasteiger partial charge in [-0.3, -0.25) is 4.79 Å². The van der Waals surface area contributed by atoms with Crippen molar-refractivity contribution in [3.05, 3.63) is 18.0 Å². The molecule has 0 bridgehead atoms. The Kier molecular flexibility index (Phi) is 3.79. The summed E-state index contributed by atoms with van der Waals surface area (Å²) in [7, 11) is -3.01. The Morgan fingerprint density at radius 2 is 2.05 bits per heavy atom. The Labute approximate surface area is 119 Å². The lowest BCUT2D eigenvalue weighted by Crippen LogP contribution is -2.36. The molecule has 1 aromatic rings. The number of alkyl halides is 3. The molecule has 1 saturated carbocycles. The number of nitrogens with two attached hydrogens (primary N) is 1. The van der Waals surface area contributed by atoms with Gasteiger partial charge in [-0.25, -0.2) is 13.6 Å². The second kappa shape index (κ2) is 5.02. The van der Waals surface area contributed by atoms with E-state index in [1.807, 2.05) is 0 Å². The highest BCUT2D eigenvalue weighted by molar-refractivity contribution is 7.89. The van der Waals surface area contributed by atoms with E-state index in [4.69, 9.17) is 5.14 Å². The molecule has 1 heterocycles. The fourth-order valence-corrected chi connectivity index (χ4v) is 2.51. The van der Waals surface area contributed by atoms with Crippen molar-refractivity contribution in [3.8, 4) is 0 Å². The van der Waals surface area contributed by atoms with Crippen molar-refractivity contribution < 1.29 is 26.4 Å². The molecule has 6 nitrogen and oxygen atoms in total. The van der Waals surface area contributed by atoms with Gasteiger partial charge in [0, 0.05) is 19.3 Å². The molecule has 0 saturated heterocycles. The highest BCUT2D eigenvalue weighted by atomic mass is 32.2. The van der Waals surface area contributed by atoms with Gasteiger partial charge in [-0.15, -0.1) is 0 Å². The third-order valence-electron chi connectivity index (χ3n) is 3.07. The summed E-state index contributed by atoms with van der Waals surface area (Å²) >= 11 is 0. The second-order valence-corrected chi connectivity index (χ2v) is 6.58.